The third-order valence-electron chi connectivity index (χ3n) is 4.25. The van der Waals surface area contributed by atoms with E-state index in [4.69, 9.17) is 0 Å². The molecule has 1 fully saturated rings. The quantitative estimate of drug-likeness (QED) is 0.868. The molecule has 1 aromatic carbocycles. The molecule has 2 heteroatoms. The standard InChI is InChI=1S/C17H25NO/c1-4-16(15-10-9-12(2)11-13(15)3)18-17(19)14-7-5-6-8-14/h9-11,14,16H,4-8H2,1-3H3,(H,18,19). The van der Waals surface area contributed by atoms with Gasteiger partial charge >= 0.3 is 0 Å². The lowest BCUT2D eigenvalue weighted by Gasteiger charge is -2.22. The number of rotatable bonds is 4. The van der Waals surface area contributed by atoms with E-state index in [2.05, 4.69) is 44.3 Å². The largest absolute Gasteiger partial charge is 0.349 e. The number of hydrogen-bond donors (Lipinski definition) is 1. The molecule has 1 saturated carbocycles. The van der Waals surface area contributed by atoms with Crippen LogP contribution in [0.4, 0.5) is 0 Å². The number of nitrogens with one attached hydrogen (secondary N) is 1. The van der Waals surface area contributed by atoms with E-state index in [1.54, 1.807) is 0 Å². The number of benzene rings is 1. The summed E-state index contributed by atoms with van der Waals surface area (Å²) >= 11 is 0. The zero-order valence-electron chi connectivity index (χ0n) is 12.3. The minimum atomic E-state index is 0.161. The van der Waals surface area contributed by atoms with Gasteiger partial charge in [0.25, 0.3) is 0 Å². The SMILES string of the molecule is CCC(NC(=O)C1CCCC1)c1ccc(C)cc1C. The monoisotopic (exact) mass is 259 g/mol. The minimum absolute atomic E-state index is 0.161. The Balaban J connectivity index is 2.08. The molecule has 2 nitrogen and oxygen atoms in total. The molecule has 1 aliphatic carbocycles. The molecule has 0 aromatic heterocycles. The Bertz CT molecular complexity index is 447. The Labute approximate surface area is 116 Å². The average molecular weight is 259 g/mol. The first-order valence-electron chi connectivity index (χ1n) is 7.49. The molecule has 1 N–H and O–H groups in total. The predicted molar refractivity (Wildman–Crippen MR) is 79.0 cm³/mol. The Morgan fingerprint density at radius 3 is 2.58 bits per heavy atom. The first kappa shape index (κ1) is 14.1. The first-order valence-corrected chi connectivity index (χ1v) is 7.49. The normalized spacial score (nSPS) is 17.4. The maximum absolute atomic E-state index is 12.3. The van der Waals surface area contributed by atoms with Gasteiger partial charge < -0.3 is 5.32 Å². The molecule has 0 bridgehead atoms. The van der Waals surface area contributed by atoms with Gasteiger partial charge in [0.1, 0.15) is 0 Å². The van der Waals surface area contributed by atoms with Crippen molar-refractivity contribution in [2.75, 3.05) is 0 Å². The van der Waals surface area contributed by atoms with Crippen molar-refractivity contribution in [3.63, 3.8) is 0 Å². The molecule has 0 heterocycles. The van der Waals surface area contributed by atoms with Crippen molar-refractivity contribution in [3.05, 3.63) is 34.9 Å². The van der Waals surface area contributed by atoms with Crippen LogP contribution in [-0.4, -0.2) is 5.91 Å². The number of hydrogen-bond acceptors (Lipinski definition) is 1. The molecule has 0 spiro atoms. The van der Waals surface area contributed by atoms with Crippen molar-refractivity contribution in [2.24, 2.45) is 5.92 Å². The van der Waals surface area contributed by atoms with Crippen LogP contribution in [0.1, 0.15) is 61.8 Å². The van der Waals surface area contributed by atoms with Gasteiger partial charge in [-0.25, -0.2) is 0 Å². The first-order chi connectivity index (χ1) is 9.11. The summed E-state index contributed by atoms with van der Waals surface area (Å²) in [6.45, 7) is 6.38. The van der Waals surface area contributed by atoms with Gasteiger partial charge in [-0.1, -0.05) is 43.5 Å². The fourth-order valence-corrected chi connectivity index (χ4v) is 3.09. The van der Waals surface area contributed by atoms with E-state index in [1.165, 1.54) is 29.5 Å². The summed E-state index contributed by atoms with van der Waals surface area (Å²) in [4.78, 5) is 12.3. The maximum atomic E-state index is 12.3. The second-order valence-corrected chi connectivity index (χ2v) is 5.81. The van der Waals surface area contributed by atoms with Crippen molar-refractivity contribution in [1.82, 2.24) is 5.32 Å². The van der Waals surface area contributed by atoms with Crippen LogP contribution in [0, 0.1) is 19.8 Å². The highest BCUT2D eigenvalue weighted by Crippen LogP contribution is 2.27. The molecule has 1 aromatic rings. The Morgan fingerprint density at radius 2 is 2.00 bits per heavy atom. The minimum Gasteiger partial charge on any atom is -0.349 e. The van der Waals surface area contributed by atoms with Gasteiger partial charge in [-0.05, 0) is 44.2 Å². The second kappa shape index (κ2) is 6.23. The van der Waals surface area contributed by atoms with E-state index in [1.807, 2.05) is 0 Å². The van der Waals surface area contributed by atoms with Gasteiger partial charge in [-0.3, -0.25) is 4.79 Å². The predicted octanol–water partition coefficient (Wildman–Crippen LogP) is 4.06. The van der Waals surface area contributed by atoms with Gasteiger partial charge in [0.05, 0.1) is 6.04 Å². The molecule has 1 unspecified atom stereocenters. The second-order valence-electron chi connectivity index (χ2n) is 5.81. The highest BCUT2D eigenvalue weighted by atomic mass is 16.1. The summed E-state index contributed by atoms with van der Waals surface area (Å²) < 4.78 is 0. The van der Waals surface area contributed by atoms with E-state index in [-0.39, 0.29) is 17.9 Å². The third kappa shape index (κ3) is 3.37. The molecule has 19 heavy (non-hydrogen) atoms. The van der Waals surface area contributed by atoms with Crippen LogP contribution < -0.4 is 5.32 Å². The molecule has 1 aliphatic rings. The summed E-state index contributed by atoms with van der Waals surface area (Å²) in [7, 11) is 0. The third-order valence-corrected chi connectivity index (χ3v) is 4.25. The van der Waals surface area contributed by atoms with E-state index >= 15 is 0 Å². The van der Waals surface area contributed by atoms with Crippen LogP contribution in [-0.2, 0) is 4.79 Å². The molecule has 0 saturated heterocycles. The van der Waals surface area contributed by atoms with Crippen LogP contribution >= 0.6 is 0 Å². The Kier molecular flexibility index (Phi) is 4.62. The zero-order valence-corrected chi connectivity index (χ0v) is 12.3. The molecular formula is C17H25NO. The van der Waals surface area contributed by atoms with E-state index in [0.29, 0.717) is 0 Å². The summed E-state index contributed by atoms with van der Waals surface area (Å²) in [6, 6.07) is 6.65. The van der Waals surface area contributed by atoms with Crippen LogP contribution in [0.2, 0.25) is 0 Å². The lowest BCUT2D eigenvalue weighted by atomic mass is 9.96. The van der Waals surface area contributed by atoms with Crippen molar-refractivity contribution >= 4 is 5.91 Å². The fourth-order valence-electron chi connectivity index (χ4n) is 3.09. The van der Waals surface area contributed by atoms with Crippen molar-refractivity contribution in [3.8, 4) is 0 Å². The van der Waals surface area contributed by atoms with Crippen LogP contribution in [0.15, 0.2) is 18.2 Å². The number of amides is 1. The van der Waals surface area contributed by atoms with Crippen LogP contribution in [0.5, 0.6) is 0 Å². The van der Waals surface area contributed by atoms with Gasteiger partial charge in [0.15, 0.2) is 0 Å². The number of carbonyl (C=O) groups excluding carboxylic acids is 1. The van der Waals surface area contributed by atoms with Crippen molar-refractivity contribution in [1.29, 1.82) is 0 Å². The zero-order chi connectivity index (χ0) is 13.8. The molecule has 104 valence electrons. The summed E-state index contributed by atoms with van der Waals surface area (Å²) in [6.07, 6.45) is 5.49. The van der Waals surface area contributed by atoms with Crippen molar-refractivity contribution in [2.45, 2.75) is 58.9 Å². The molecule has 0 aliphatic heterocycles. The van der Waals surface area contributed by atoms with Gasteiger partial charge in [-0.15, -0.1) is 0 Å². The number of aryl methyl sites for hydroxylation is 2. The molecule has 0 radical (unpaired) electrons. The van der Waals surface area contributed by atoms with Crippen LogP contribution in [0.25, 0.3) is 0 Å². The van der Waals surface area contributed by atoms with Crippen molar-refractivity contribution < 1.29 is 4.79 Å². The van der Waals surface area contributed by atoms with Crippen LogP contribution in [0.3, 0.4) is 0 Å². The number of carbonyl (C=O) groups is 1. The smallest absolute Gasteiger partial charge is 0.223 e. The van der Waals surface area contributed by atoms with E-state index in [0.717, 1.165) is 19.3 Å². The summed E-state index contributed by atoms with van der Waals surface area (Å²) in [5.74, 6) is 0.504. The van der Waals surface area contributed by atoms with E-state index < -0.39 is 0 Å². The molecule has 2 rings (SSSR count). The fraction of sp³-hybridized carbons (Fsp3) is 0.588. The maximum Gasteiger partial charge on any atom is 0.223 e. The summed E-state index contributed by atoms with van der Waals surface area (Å²) in [5.41, 5.74) is 3.82. The summed E-state index contributed by atoms with van der Waals surface area (Å²) in [5, 5.41) is 3.25. The lowest BCUT2D eigenvalue weighted by Crippen LogP contribution is -2.33. The molecule has 1 atom stereocenters. The average Bonchev–Trinajstić information content (AvgIpc) is 2.90. The highest BCUT2D eigenvalue weighted by molar-refractivity contribution is 5.79. The Morgan fingerprint density at radius 1 is 1.32 bits per heavy atom. The van der Waals surface area contributed by atoms with Gasteiger partial charge in [0.2, 0.25) is 5.91 Å². The Hall–Kier alpha value is -1.31. The topological polar surface area (TPSA) is 29.1 Å². The lowest BCUT2D eigenvalue weighted by molar-refractivity contribution is -0.125. The van der Waals surface area contributed by atoms with E-state index in [9.17, 15) is 4.79 Å². The molecule has 1 amide bonds. The van der Waals surface area contributed by atoms with Gasteiger partial charge in [-0.2, -0.15) is 0 Å². The van der Waals surface area contributed by atoms with Gasteiger partial charge in [0, 0.05) is 5.92 Å². The highest BCUT2D eigenvalue weighted by Gasteiger charge is 2.25. The molecular weight excluding hydrogens is 234 g/mol.